The van der Waals surface area contributed by atoms with Gasteiger partial charge in [-0.3, -0.25) is 4.79 Å². The van der Waals surface area contributed by atoms with E-state index in [1.54, 1.807) is 18.2 Å². The van der Waals surface area contributed by atoms with Gasteiger partial charge in [-0.15, -0.1) is 12.6 Å². The van der Waals surface area contributed by atoms with Gasteiger partial charge < -0.3 is 5.32 Å². The van der Waals surface area contributed by atoms with Crippen molar-refractivity contribution in [1.29, 1.82) is 0 Å². The third-order valence-electron chi connectivity index (χ3n) is 2.01. The first-order valence-corrected chi connectivity index (χ1v) is 5.74. The number of carbonyl (C=O) groups excluding carboxylic acids is 1. The molecule has 0 bridgehead atoms. The second-order valence-corrected chi connectivity index (χ2v) is 4.20. The Balaban J connectivity index is 2.68. The molecule has 0 heterocycles. The summed E-state index contributed by atoms with van der Waals surface area (Å²) in [6, 6.07) is 5.11. The first kappa shape index (κ1) is 12.4. The summed E-state index contributed by atoms with van der Waals surface area (Å²) in [5.74, 6) is -0.135. The van der Waals surface area contributed by atoms with E-state index in [0.29, 0.717) is 17.1 Å². The Morgan fingerprint density at radius 2 is 2.27 bits per heavy atom. The molecule has 0 radical (unpaired) electrons. The predicted molar refractivity (Wildman–Crippen MR) is 65.9 cm³/mol. The molecule has 4 heteroatoms. The molecule has 0 unspecified atom stereocenters. The fourth-order valence-electron chi connectivity index (χ4n) is 1.16. The SMILES string of the molecule is CCCCNC(=O)c1cc(S)ccc1Cl. The van der Waals surface area contributed by atoms with Crippen molar-refractivity contribution in [2.45, 2.75) is 24.7 Å². The Bertz CT molecular complexity index is 354. The van der Waals surface area contributed by atoms with Crippen LogP contribution in [-0.4, -0.2) is 12.5 Å². The highest BCUT2D eigenvalue weighted by Crippen LogP contribution is 2.19. The van der Waals surface area contributed by atoms with E-state index in [1.165, 1.54) is 0 Å². The van der Waals surface area contributed by atoms with E-state index in [9.17, 15) is 4.79 Å². The molecule has 0 aromatic heterocycles. The van der Waals surface area contributed by atoms with Crippen LogP contribution < -0.4 is 5.32 Å². The van der Waals surface area contributed by atoms with Crippen LogP contribution in [0, 0.1) is 0 Å². The number of halogens is 1. The van der Waals surface area contributed by atoms with Crippen molar-refractivity contribution in [1.82, 2.24) is 5.32 Å². The normalized spacial score (nSPS) is 10.1. The van der Waals surface area contributed by atoms with Crippen molar-refractivity contribution in [2.24, 2.45) is 0 Å². The van der Waals surface area contributed by atoms with Gasteiger partial charge in [-0.25, -0.2) is 0 Å². The maximum atomic E-state index is 11.7. The summed E-state index contributed by atoms with van der Waals surface area (Å²) in [6.45, 7) is 2.76. The van der Waals surface area contributed by atoms with Crippen molar-refractivity contribution in [3.8, 4) is 0 Å². The van der Waals surface area contributed by atoms with Gasteiger partial charge in [0.15, 0.2) is 0 Å². The summed E-state index contributed by atoms with van der Waals surface area (Å²) in [4.78, 5) is 12.4. The number of carbonyl (C=O) groups is 1. The fourth-order valence-corrected chi connectivity index (χ4v) is 1.57. The zero-order chi connectivity index (χ0) is 11.3. The quantitative estimate of drug-likeness (QED) is 0.617. The van der Waals surface area contributed by atoms with E-state index in [2.05, 4.69) is 24.9 Å². The Hall–Kier alpha value is -0.670. The van der Waals surface area contributed by atoms with E-state index < -0.39 is 0 Å². The fraction of sp³-hybridized carbons (Fsp3) is 0.364. The zero-order valence-electron chi connectivity index (χ0n) is 8.59. The molecule has 1 aromatic carbocycles. The maximum Gasteiger partial charge on any atom is 0.252 e. The molecule has 1 aromatic rings. The Labute approximate surface area is 100 Å². The van der Waals surface area contributed by atoms with Gasteiger partial charge in [-0.05, 0) is 24.6 Å². The number of hydrogen-bond acceptors (Lipinski definition) is 2. The average Bonchev–Trinajstić information content (AvgIpc) is 2.22. The highest BCUT2D eigenvalue weighted by atomic mass is 35.5. The molecule has 1 N–H and O–H groups in total. The van der Waals surface area contributed by atoms with Gasteiger partial charge in [-0.1, -0.05) is 24.9 Å². The largest absolute Gasteiger partial charge is 0.352 e. The number of hydrogen-bond donors (Lipinski definition) is 2. The van der Waals surface area contributed by atoms with Crippen LogP contribution in [0.15, 0.2) is 23.1 Å². The molecular formula is C11H14ClNOS. The maximum absolute atomic E-state index is 11.7. The summed E-state index contributed by atoms with van der Waals surface area (Å²) >= 11 is 10.1. The number of thiol groups is 1. The summed E-state index contributed by atoms with van der Waals surface area (Å²) in [5.41, 5.74) is 0.486. The van der Waals surface area contributed by atoms with Gasteiger partial charge in [-0.2, -0.15) is 0 Å². The van der Waals surface area contributed by atoms with Crippen LogP contribution in [0.4, 0.5) is 0 Å². The van der Waals surface area contributed by atoms with E-state index in [1.807, 2.05) is 0 Å². The Kier molecular flexibility index (Phi) is 4.99. The lowest BCUT2D eigenvalue weighted by Crippen LogP contribution is -2.24. The lowest BCUT2D eigenvalue weighted by molar-refractivity contribution is 0.0953. The van der Waals surface area contributed by atoms with E-state index >= 15 is 0 Å². The predicted octanol–water partition coefficient (Wildman–Crippen LogP) is 3.16. The Morgan fingerprint density at radius 1 is 1.53 bits per heavy atom. The van der Waals surface area contributed by atoms with Crippen molar-refractivity contribution in [3.05, 3.63) is 28.8 Å². The molecule has 82 valence electrons. The van der Waals surface area contributed by atoms with Crippen molar-refractivity contribution >= 4 is 30.1 Å². The standard InChI is InChI=1S/C11H14ClNOS/c1-2-3-6-13-11(14)9-7-8(15)4-5-10(9)12/h4-5,7,15H,2-3,6H2,1H3,(H,13,14). The number of unbranched alkanes of at least 4 members (excludes halogenated alkanes) is 1. The minimum Gasteiger partial charge on any atom is -0.352 e. The van der Waals surface area contributed by atoms with Crippen LogP contribution in [0.5, 0.6) is 0 Å². The molecule has 0 fully saturated rings. The molecule has 1 rings (SSSR count). The minimum absolute atomic E-state index is 0.135. The van der Waals surface area contributed by atoms with Crippen molar-refractivity contribution in [3.63, 3.8) is 0 Å². The Morgan fingerprint density at radius 3 is 2.93 bits per heavy atom. The molecule has 15 heavy (non-hydrogen) atoms. The topological polar surface area (TPSA) is 29.1 Å². The summed E-state index contributed by atoms with van der Waals surface area (Å²) in [7, 11) is 0. The first-order chi connectivity index (χ1) is 7.15. The van der Waals surface area contributed by atoms with Crippen molar-refractivity contribution in [2.75, 3.05) is 6.54 Å². The van der Waals surface area contributed by atoms with Crippen LogP contribution in [0.3, 0.4) is 0 Å². The first-order valence-electron chi connectivity index (χ1n) is 4.92. The molecule has 0 aliphatic carbocycles. The second-order valence-electron chi connectivity index (χ2n) is 3.27. The van der Waals surface area contributed by atoms with Crippen LogP contribution in [-0.2, 0) is 0 Å². The number of nitrogens with one attached hydrogen (secondary N) is 1. The van der Waals surface area contributed by atoms with Gasteiger partial charge in [0.2, 0.25) is 0 Å². The molecule has 0 aliphatic rings. The second kappa shape index (κ2) is 6.03. The summed E-state index contributed by atoms with van der Waals surface area (Å²) < 4.78 is 0. The zero-order valence-corrected chi connectivity index (χ0v) is 10.2. The minimum atomic E-state index is -0.135. The molecule has 0 saturated heterocycles. The summed E-state index contributed by atoms with van der Waals surface area (Å²) in [6.07, 6.45) is 2.03. The third-order valence-corrected chi connectivity index (χ3v) is 2.62. The van der Waals surface area contributed by atoms with E-state index in [4.69, 9.17) is 11.6 Å². The van der Waals surface area contributed by atoms with Gasteiger partial charge in [0.25, 0.3) is 5.91 Å². The van der Waals surface area contributed by atoms with Crippen LogP contribution in [0.25, 0.3) is 0 Å². The van der Waals surface area contributed by atoms with Crippen LogP contribution in [0.1, 0.15) is 30.1 Å². The van der Waals surface area contributed by atoms with Gasteiger partial charge in [0.1, 0.15) is 0 Å². The average molecular weight is 244 g/mol. The van der Waals surface area contributed by atoms with Crippen LogP contribution >= 0.6 is 24.2 Å². The molecular weight excluding hydrogens is 230 g/mol. The molecule has 0 spiro atoms. The monoisotopic (exact) mass is 243 g/mol. The highest BCUT2D eigenvalue weighted by molar-refractivity contribution is 7.80. The molecule has 0 atom stereocenters. The molecule has 0 saturated carbocycles. The van der Waals surface area contributed by atoms with Gasteiger partial charge in [0.05, 0.1) is 10.6 Å². The van der Waals surface area contributed by atoms with E-state index in [0.717, 1.165) is 17.7 Å². The van der Waals surface area contributed by atoms with E-state index in [-0.39, 0.29) is 5.91 Å². The lowest BCUT2D eigenvalue weighted by Gasteiger charge is -2.06. The van der Waals surface area contributed by atoms with Gasteiger partial charge in [0, 0.05) is 11.4 Å². The molecule has 0 aliphatic heterocycles. The van der Waals surface area contributed by atoms with Gasteiger partial charge >= 0.3 is 0 Å². The number of benzene rings is 1. The van der Waals surface area contributed by atoms with Crippen molar-refractivity contribution < 1.29 is 4.79 Å². The molecule has 2 nitrogen and oxygen atoms in total. The van der Waals surface area contributed by atoms with Crippen LogP contribution in [0.2, 0.25) is 5.02 Å². The number of rotatable bonds is 4. The summed E-state index contributed by atoms with van der Waals surface area (Å²) in [5, 5.41) is 3.27. The smallest absolute Gasteiger partial charge is 0.252 e. The molecule has 1 amide bonds. The third kappa shape index (κ3) is 3.76. The lowest BCUT2D eigenvalue weighted by atomic mass is 10.2. The number of amides is 1. The highest BCUT2D eigenvalue weighted by Gasteiger charge is 2.09.